The zero-order chi connectivity index (χ0) is 22.8. The van der Waals surface area contributed by atoms with Gasteiger partial charge in [-0.25, -0.2) is 9.78 Å². The Bertz CT molecular complexity index is 1400. The molecule has 0 amide bonds. The maximum Gasteiger partial charge on any atom is 0.511 e. The van der Waals surface area contributed by atoms with Crippen molar-refractivity contribution in [2.45, 2.75) is 0 Å². The number of carboxylic acid groups (broad SMARTS) is 1. The molecule has 1 aromatic heterocycles. The lowest BCUT2D eigenvalue weighted by molar-refractivity contribution is 0.144. The second kappa shape index (κ2) is 9.19. The van der Waals surface area contributed by atoms with Crippen LogP contribution >= 0.6 is 46.1 Å². The molecule has 0 aliphatic carbocycles. The van der Waals surface area contributed by atoms with Gasteiger partial charge in [-0.1, -0.05) is 53.0 Å². The van der Waals surface area contributed by atoms with Gasteiger partial charge in [0.25, 0.3) is 0 Å². The van der Waals surface area contributed by atoms with Crippen LogP contribution in [0, 0.1) is 11.3 Å². The molecule has 0 aliphatic rings. The van der Waals surface area contributed by atoms with E-state index in [9.17, 15) is 15.2 Å². The number of nitriles is 1. The number of halogens is 3. The van der Waals surface area contributed by atoms with E-state index in [0.717, 1.165) is 5.56 Å². The fourth-order valence-electron chi connectivity index (χ4n) is 3.05. The SMILES string of the molecule is N#Cc1cc(-c2ccc(-c3nc(-c4ccc(Cl)c(Cl)c4)cs3)cc2OC(=O)O)ccc1Cl. The number of hydrogen-bond donors (Lipinski definition) is 1. The Morgan fingerprint density at radius 2 is 1.66 bits per heavy atom. The maximum atomic E-state index is 11.3. The minimum Gasteiger partial charge on any atom is -0.449 e. The van der Waals surface area contributed by atoms with Crippen molar-refractivity contribution in [1.82, 2.24) is 4.98 Å². The second-order valence-corrected chi connectivity index (χ2v) is 8.63. The van der Waals surface area contributed by atoms with E-state index in [1.165, 1.54) is 11.3 Å². The first-order valence-corrected chi connectivity index (χ1v) is 11.0. The zero-order valence-corrected chi connectivity index (χ0v) is 19.1. The van der Waals surface area contributed by atoms with Gasteiger partial charge in [-0.2, -0.15) is 5.26 Å². The fourth-order valence-corrected chi connectivity index (χ4v) is 4.33. The lowest BCUT2D eigenvalue weighted by Crippen LogP contribution is -2.04. The highest BCUT2D eigenvalue weighted by molar-refractivity contribution is 7.13. The summed E-state index contributed by atoms with van der Waals surface area (Å²) >= 11 is 19.5. The van der Waals surface area contributed by atoms with Crippen LogP contribution in [0.4, 0.5) is 4.79 Å². The third kappa shape index (κ3) is 4.57. The molecule has 1 heterocycles. The van der Waals surface area contributed by atoms with Gasteiger partial charge in [0, 0.05) is 22.1 Å². The van der Waals surface area contributed by atoms with Crippen LogP contribution in [0.15, 0.2) is 60.0 Å². The molecule has 3 aromatic carbocycles. The molecule has 0 radical (unpaired) electrons. The van der Waals surface area contributed by atoms with Gasteiger partial charge in [-0.3, -0.25) is 0 Å². The number of thiazole rings is 1. The van der Waals surface area contributed by atoms with Crippen LogP contribution in [0.5, 0.6) is 5.75 Å². The number of benzene rings is 3. The van der Waals surface area contributed by atoms with Crippen LogP contribution in [-0.4, -0.2) is 16.2 Å². The number of carbonyl (C=O) groups is 1. The Kier molecular flexibility index (Phi) is 6.35. The summed E-state index contributed by atoms with van der Waals surface area (Å²) in [4.78, 5) is 15.9. The predicted octanol–water partition coefficient (Wildman–Crippen LogP) is 8.03. The first kappa shape index (κ1) is 22.1. The van der Waals surface area contributed by atoms with Gasteiger partial charge in [0.2, 0.25) is 0 Å². The molecule has 158 valence electrons. The van der Waals surface area contributed by atoms with Crippen LogP contribution in [0.1, 0.15) is 5.56 Å². The normalized spacial score (nSPS) is 10.6. The van der Waals surface area contributed by atoms with E-state index in [-0.39, 0.29) is 11.3 Å². The lowest BCUT2D eigenvalue weighted by Gasteiger charge is -2.11. The molecule has 32 heavy (non-hydrogen) atoms. The summed E-state index contributed by atoms with van der Waals surface area (Å²) in [6, 6.07) is 17.3. The summed E-state index contributed by atoms with van der Waals surface area (Å²) in [5.41, 5.74) is 3.59. The Labute approximate surface area is 202 Å². The summed E-state index contributed by atoms with van der Waals surface area (Å²) in [7, 11) is 0. The second-order valence-electron chi connectivity index (χ2n) is 6.55. The highest BCUT2D eigenvalue weighted by Gasteiger charge is 2.15. The van der Waals surface area contributed by atoms with Gasteiger partial charge in [0.15, 0.2) is 0 Å². The van der Waals surface area contributed by atoms with Crippen LogP contribution in [0.3, 0.4) is 0 Å². The zero-order valence-electron chi connectivity index (χ0n) is 16.0. The van der Waals surface area contributed by atoms with Crippen LogP contribution in [0.2, 0.25) is 15.1 Å². The van der Waals surface area contributed by atoms with Gasteiger partial charge >= 0.3 is 6.16 Å². The van der Waals surface area contributed by atoms with Crippen molar-refractivity contribution in [3.8, 4) is 44.8 Å². The molecule has 4 rings (SSSR count). The van der Waals surface area contributed by atoms with Crippen molar-refractivity contribution in [1.29, 1.82) is 5.26 Å². The molecule has 0 unspecified atom stereocenters. The minimum absolute atomic E-state index is 0.118. The van der Waals surface area contributed by atoms with Crippen molar-refractivity contribution in [2.75, 3.05) is 0 Å². The third-order valence-electron chi connectivity index (χ3n) is 4.54. The van der Waals surface area contributed by atoms with E-state index in [1.807, 2.05) is 23.6 Å². The van der Waals surface area contributed by atoms with Gasteiger partial charge in [0.05, 0.1) is 26.3 Å². The average Bonchev–Trinajstić information content (AvgIpc) is 3.26. The summed E-state index contributed by atoms with van der Waals surface area (Å²) in [6.07, 6.45) is -1.45. The third-order valence-corrected chi connectivity index (χ3v) is 6.50. The van der Waals surface area contributed by atoms with Gasteiger partial charge in [-0.05, 0) is 42.0 Å². The summed E-state index contributed by atoms with van der Waals surface area (Å²) in [5, 5.41) is 22.2. The first-order chi connectivity index (χ1) is 15.4. The van der Waals surface area contributed by atoms with Crippen LogP contribution in [-0.2, 0) is 0 Å². The number of nitrogens with zero attached hydrogens (tertiary/aromatic N) is 2. The van der Waals surface area contributed by atoms with E-state index >= 15 is 0 Å². The Morgan fingerprint density at radius 3 is 2.38 bits per heavy atom. The lowest BCUT2D eigenvalue weighted by atomic mass is 10.0. The molecule has 9 heteroatoms. The smallest absolute Gasteiger partial charge is 0.449 e. The first-order valence-electron chi connectivity index (χ1n) is 9.02. The minimum atomic E-state index is -1.45. The van der Waals surface area contributed by atoms with E-state index < -0.39 is 6.16 Å². The van der Waals surface area contributed by atoms with Crippen molar-refractivity contribution < 1.29 is 14.6 Å². The summed E-state index contributed by atoms with van der Waals surface area (Å²) in [5.74, 6) is 0.118. The molecule has 0 saturated heterocycles. The molecule has 0 bridgehead atoms. The average molecular weight is 502 g/mol. The monoisotopic (exact) mass is 500 g/mol. The molecule has 1 N–H and O–H groups in total. The van der Waals surface area contributed by atoms with Crippen molar-refractivity contribution in [3.05, 3.63) is 80.6 Å². The van der Waals surface area contributed by atoms with Crippen LogP contribution in [0.25, 0.3) is 33.0 Å². The van der Waals surface area contributed by atoms with E-state index in [1.54, 1.807) is 42.5 Å². The molecule has 0 spiro atoms. The number of aromatic nitrogens is 1. The van der Waals surface area contributed by atoms with E-state index in [0.29, 0.717) is 42.5 Å². The van der Waals surface area contributed by atoms with E-state index in [4.69, 9.17) is 39.5 Å². The number of rotatable bonds is 4. The van der Waals surface area contributed by atoms with Gasteiger partial charge in [-0.15, -0.1) is 11.3 Å². The molecular weight excluding hydrogens is 491 g/mol. The maximum absolute atomic E-state index is 11.3. The number of hydrogen-bond acceptors (Lipinski definition) is 5. The number of ether oxygens (including phenoxy) is 1. The summed E-state index contributed by atoms with van der Waals surface area (Å²) < 4.78 is 5.03. The van der Waals surface area contributed by atoms with Crippen LogP contribution < -0.4 is 4.74 Å². The highest BCUT2D eigenvalue weighted by Crippen LogP contribution is 2.38. The molecule has 4 aromatic rings. The highest BCUT2D eigenvalue weighted by atomic mass is 35.5. The molecular formula is C23H11Cl3N2O3S. The molecule has 5 nitrogen and oxygen atoms in total. The predicted molar refractivity (Wildman–Crippen MR) is 127 cm³/mol. The molecule has 0 aliphatic heterocycles. The summed E-state index contributed by atoms with van der Waals surface area (Å²) in [6.45, 7) is 0. The van der Waals surface area contributed by atoms with Crippen molar-refractivity contribution >= 4 is 52.3 Å². The topological polar surface area (TPSA) is 83.2 Å². The van der Waals surface area contributed by atoms with E-state index in [2.05, 4.69) is 4.98 Å². The Hall–Kier alpha value is -3.08. The largest absolute Gasteiger partial charge is 0.511 e. The molecule has 0 saturated carbocycles. The van der Waals surface area contributed by atoms with Crippen molar-refractivity contribution in [2.24, 2.45) is 0 Å². The standard InChI is InChI=1S/C23H11Cl3N2O3S/c24-17-5-2-12(7-15(17)10-27)16-4-1-14(9-21(16)31-23(29)30)22-28-20(11-32-22)13-3-6-18(25)19(26)8-13/h1-9,11H,(H,29,30). The molecule has 0 fully saturated rings. The quantitative estimate of drug-likeness (QED) is 0.226. The molecule has 0 atom stereocenters. The fraction of sp³-hybridized carbons (Fsp3) is 0. The van der Waals surface area contributed by atoms with Crippen molar-refractivity contribution in [3.63, 3.8) is 0 Å². The van der Waals surface area contributed by atoms with Gasteiger partial charge in [0.1, 0.15) is 16.8 Å². The Balaban J connectivity index is 1.75. The Morgan fingerprint density at radius 1 is 0.938 bits per heavy atom. The van der Waals surface area contributed by atoms with Gasteiger partial charge < -0.3 is 9.84 Å².